The van der Waals surface area contributed by atoms with Crippen LogP contribution in [-0.4, -0.2) is 50.1 Å². The summed E-state index contributed by atoms with van der Waals surface area (Å²) in [6, 6.07) is 7.08. The summed E-state index contributed by atoms with van der Waals surface area (Å²) in [5, 5.41) is 0. The minimum absolute atomic E-state index is 0.0640. The Labute approximate surface area is 128 Å². The van der Waals surface area contributed by atoms with Gasteiger partial charge in [0, 0.05) is 24.2 Å². The van der Waals surface area contributed by atoms with Gasteiger partial charge in [-0.3, -0.25) is 4.90 Å². The first-order valence-electron chi connectivity index (χ1n) is 7.82. The first-order valence-corrected chi connectivity index (χ1v) is 7.82. The van der Waals surface area contributed by atoms with Crippen molar-refractivity contribution in [3.8, 4) is 5.75 Å². The molecule has 0 radical (unpaired) electrons. The van der Waals surface area contributed by atoms with Crippen molar-refractivity contribution in [1.29, 1.82) is 0 Å². The molecule has 1 aromatic rings. The van der Waals surface area contributed by atoms with E-state index in [9.17, 15) is 0 Å². The molecule has 0 aliphatic carbocycles. The van der Waals surface area contributed by atoms with Crippen molar-refractivity contribution >= 4 is 0 Å². The van der Waals surface area contributed by atoms with Crippen LogP contribution in [0.5, 0.6) is 5.75 Å². The van der Waals surface area contributed by atoms with Crippen LogP contribution in [0.25, 0.3) is 0 Å². The lowest BCUT2D eigenvalue weighted by atomic mass is 10.0. The topological polar surface area (TPSA) is 41.7 Å². The third-order valence-electron chi connectivity index (χ3n) is 4.51. The minimum atomic E-state index is 0.0640. The van der Waals surface area contributed by atoms with Gasteiger partial charge in [-0.05, 0) is 64.6 Å². The molecule has 0 saturated carbocycles. The molecule has 2 N–H and O–H groups in total. The van der Waals surface area contributed by atoms with E-state index in [-0.39, 0.29) is 6.04 Å². The van der Waals surface area contributed by atoms with E-state index in [1.807, 2.05) is 13.0 Å². The van der Waals surface area contributed by atoms with E-state index in [0.29, 0.717) is 0 Å². The summed E-state index contributed by atoms with van der Waals surface area (Å²) >= 11 is 0. The Morgan fingerprint density at radius 3 is 2.52 bits per heavy atom. The Morgan fingerprint density at radius 2 is 2.00 bits per heavy atom. The van der Waals surface area contributed by atoms with Crippen LogP contribution in [0.15, 0.2) is 18.2 Å². The van der Waals surface area contributed by atoms with Crippen molar-refractivity contribution in [2.75, 3.05) is 34.3 Å². The molecular formula is C17H29N3O. The van der Waals surface area contributed by atoms with Gasteiger partial charge in [-0.25, -0.2) is 0 Å². The zero-order chi connectivity index (χ0) is 15.4. The number of hydrogen-bond donors (Lipinski definition) is 1. The van der Waals surface area contributed by atoms with E-state index in [1.165, 1.54) is 24.0 Å². The zero-order valence-electron chi connectivity index (χ0n) is 13.8. The van der Waals surface area contributed by atoms with E-state index in [2.05, 4.69) is 36.0 Å². The summed E-state index contributed by atoms with van der Waals surface area (Å²) < 4.78 is 5.51. The highest BCUT2D eigenvalue weighted by Gasteiger charge is 2.21. The molecule has 1 atom stereocenters. The van der Waals surface area contributed by atoms with Crippen molar-refractivity contribution in [3.63, 3.8) is 0 Å². The first-order chi connectivity index (χ1) is 10.0. The third kappa shape index (κ3) is 4.19. The molecule has 1 saturated heterocycles. The normalized spacial score (nSPS) is 19.0. The van der Waals surface area contributed by atoms with Gasteiger partial charge in [0.2, 0.25) is 0 Å². The molecule has 1 aliphatic rings. The summed E-state index contributed by atoms with van der Waals surface area (Å²) in [5.74, 6) is 0.967. The maximum atomic E-state index is 6.00. The lowest BCUT2D eigenvalue weighted by Crippen LogP contribution is -2.41. The number of methoxy groups -OCH3 is 1. The van der Waals surface area contributed by atoms with Crippen LogP contribution in [-0.2, 0) is 6.54 Å². The van der Waals surface area contributed by atoms with Crippen LogP contribution in [0, 0.1) is 0 Å². The van der Waals surface area contributed by atoms with E-state index < -0.39 is 0 Å². The fourth-order valence-corrected chi connectivity index (χ4v) is 3.04. The molecule has 118 valence electrons. The van der Waals surface area contributed by atoms with Gasteiger partial charge in [0.1, 0.15) is 5.75 Å². The Bertz CT molecular complexity index is 451. The van der Waals surface area contributed by atoms with Gasteiger partial charge < -0.3 is 15.4 Å². The SMILES string of the molecule is COc1ccc(C(C)N)cc1CN1CCC(N(C)C)CC1. The molecule has 1 aromatic carbocycles. The molecule has 4 nitrogen and oxygen atoms in total. The van der Waals surface area contributed by atoms with Crippen LogP contribution >= 0.6 is 0 Å². The lowest BCUT2D eigenvalue weighted by molar-refractivity contribution is 0.139. The van der Waals surface area contributed by atoms with Gasteiger partial charge in [-0.15, -0.1) is 0 Å². The summed E-state index contributed by atoms with van der Waals surface area (Å²) in [6.45, 7) is 5.26. The van der Waals surface area contributed by atoms with E-state index in [4.69, 9.17) is 10.5 Å². The first kappa shape index (κ1) is 16.3. The number of nitrogens with two attached hydrogens (primary N) is 1. The predicted octanol–water partition coefficient (Wildman–Crippen LogP) is 2.24. The molecule has 0 aromatic heterocycles. The summed E-state index contributed by atoms with van der Waals surface area (Å²) in [7, 11) is 6.09. The molecular weight excluding hydrogens is 262 g/mol. The Morgan fingerprint density at radius 1 is 1.33 bits per heavy atom. The predicted molar refractivity (Wildman–Crippen MR) is 87.6 cm³/mol. The van der Waals surface area contributed by atoms with Crippen molar-refractivity contribution in [2.45, 2.75) is 38.4 Å². The Balaban J connectivity index is 2.04. The van der Waals surface area contributed by atoms with E-state index >= 15 is 0 Å². The van der Waals surface area contributed by atoms with Crippen molar-refractivity contribution in [2.24, 2.45) is 5.73 Å². The van der Waals surface area contributed by atoms with Crippen molar-refractivity contribution in [1.82, 2.24) is 9.80 Å². The number of nitrogens with zero attached hydrogens (tertiary/aromatic N) is 2. The summed E-state index contributed by atoms with van der Waals surface area (Å²) in [5.41, 5.74) is 8.42. The largest absolute Gasteiger partial charge is 0.496 e. The fraction of sp³-hybridized carbons (Fsp3) is 0.647. The van der Waals surface area contributed by atoms with Gasteiger partial charge in [-0.1, -0.05) is 6.07 Å². The molecule has 1 aliphatic heterocycles. The monoisotopic (exact) mass is 291 g/mol. The number of benzene rings is 1. The maximum Gasteiger partial charge on any atom is 0.123 e. The minimum Gasteiger partial charge on any atom is -0.496 e. The van der Waals surface area contributed by atoms with Crippen LogP contribution < -0.4 is 10.5 Å². The average Bonchev–Trinajstić information content (AvgIpc) is 2.47. The van der Waals surface area contributed by atoms with Gasteiger partial charge >= 0.3 is 0 Å². The molecule has 1 unspecified atom stereocenters. The third-order valence-corrected chi connectivity index (χ3v) is 4.51. The Hall–Kier alpha value is -1.10. The molecule has 4 heteroatoms. The fourth-order valence-electron chi connectivity index (χ4n) is 3.04. The quantitative estimate of drug-likeness (QED) is 0.903. The number of rotatable bonds is 5. The van der Waals surface area contributed by atoms with Crippen LogP contribution in [0.2, 0.25) is 0 Å². The summed E-state index contributed by atoms with van der Waals surface area (Å²) in [6.07, 6.45) is 2.48. The molecule has 2 rings (SSSR count). The van der Waals surface area contributed by atoms with E-state index in [0.717, 1.165) is 31.4 Å². The number of piperidine rings is 1. The van der Waals surface area contributed by atoms with Crippen molar-refractivity contribution in [3.05, 3.63) is 29.3 Å². The average molecular weight is 291 g/mol. The molecule has 0 amide bonds. The number of ether oxygens (including phenoxy) is 1. The Kier molecular flexibility index (Phi) is 5.62. The van der Waals surface area contributed by atoms with Crippen LogP contribution in [0.3, 0.4) is 0 Å². The number of likely N-dealkylation sites (tertiary alicyclic amines) is 1. The van der Waals surface area contributed by atoms with E-state index in [1.54, 1.807) is 7.11 Å². The second-order valence-electron chi connectivity index (χ2n) is 6.33. The second-order valence-corrected chi connectivity index (χ2v) is 6.33. The second kappa shape index (κ2) is 7.25. The highest BCUT2D eigenvalue weighted by atomic mass is 16.5. The smallest absolute Gasteiger partial charge is 0.123 e. The van der Waals surface area contributed by atoms with Gasteiger partial charge in [0.15, 0.2) is 0 Å². The zero-order valence-corrected chi connectivity index (χ0v) is 13.8. The van der Waals surface area contributed by atoms with Gasteiger partial charge in [0.05, 0.1) is 7.11 Å². The highest BCUT2D eigenvalue weighted by molar-refractivity contribution is 5.38. The maximum absolute atomic E-state index is 6.00. The van der Waals surface area contributed by atoms with Crippen LogP contribution in [0.1, 0.15) is 36.9 Å². The summed E-state index contributed by atoms with van der Waals surface area (Å²) in [4.78, 5) is 4.86. The van der Waals surface area contributed by atoms with Crippen LogP contribution in [0.4, 0.5) is 0 Å². The lowest BCUT2D eigenvalue weighted by Gasteiger charge is -2.35. The van der Waals surface area contributed by atoms with Gasteiger partial charge in [0.25, 0.3) is 0 Å². The highest BCUT2D eigenvalue weighted by Crippen LogP contribution is 2.25. The molecule has 0 spiro atoms. The number of hydrogen-bond acceptors (Lipinski definition) is 4. The molecule has 1 heterocycles. The molecule has 1 fully saturated rings. The van der Waals surface area contributed by atoms with Crippen molar-refractivity contribution < 1.29 is 4.74 Å². The molecule has 0 bridgehead atoms. The van der Waals surface area contributed by atoms with Gasteiger partial charge in [-0.2, -0.15) is 0 Å². The standard InChI is InChI=1S/C17H29N3O/c1-13(18)14-5-6-17(21-4)15(11-14)12-20-9-7-16(8-10-20)19(2)3/h5-6,11,13,16H,7-10,12,18H2,1-4H3. The molecule has 21 heavy (non-hydrogen) atoms.